The summed E-state index contributed by atoms with van der Waals surface area (Å²) in [6, 6.07) is 0. The molecule has 0 unspecified atom stereocenters. The summed E-state index contributed by atoms with van der Waals surface area (Å²) in [5.41, 5.74) is 0. The van der Waals surface area contributed by atoms with Gasteiger partial charge in [0.15, 0.2) is 0 Å². The summed E-state index contributed by atoms with van der Waals surface area (Å²) in [7, 11) is 4.45. The monoisotopic (exact) mass is 156 g/mol. The summed E-state index contributed by atoms with van der Waals surface area (Å²) in [5, 5.41) is 0. The first-order valence-electron chi connectivity index (χ1n) is 4.59. The Balaban J connectivity index is 2.41. The molecular formula is C9H20N2. The number of hydrogen-bond donors (Lipinski definition) is 0. The van der Waals surface area contributed by atoms with E-state index in [0.29, 0.717) is 0 Å². The molecule has 1 aliphatic rings. The van der Waals surface area contributed by atoms with Crippen LogP contribution in [0.4, 0.5) is 0 Å². The molecule has 1 fully saturated rings. The molecule has 0 N–H and O–H groups in total. The van der Waals surface area contributed by atoms with Gasteiger partial charge < -0.3 is 9.80 Å². The van der Waals surface area contributed by atoms with E-state index in [2.05, 4.69) is 30.8 Å². The van der Waals surface area contributed by atoms with Gasteiger partial charge in [-0.2, -0.15) is 0 Å². The summed E-state index contributed by atoms with van der Waals surface area (Å²) < 4.78 is 0. The van der Waals surface area contributed by atoms with E-state index in [0.717, 1.165) is 5.92 Å². The first-order chi connectivity index (χ1) is 5.22. The zero-order valence-corrected chi connectivity index (χ0v) is 8.01. The van der Waals surface area contributed by atoms with Gasteiger partial charge in [-0.1, -0.05) is 13.3 Å². The van der Waals surface area contributed by atoms with Crippen molar-refractivity contribution in [2.24, 2.45) is 5.92 Å². The van der Waals surface area contributed by atoms with Gasteiger partial charge in [-0.15, -0.1) is 0 Å². The van der Waals surface area contributed by atoms with Crippen LogP contribution in [0.3, 0.4) is 0 Å². The van der Waals surface area contributed by atoms with Crippen LogP contribution < -0.4 is 0 Å². The lowest BCUT2D eigenvalue weighted by molar-refractivity contribution is 0.297. The molecule has 0 atom stereocenters. The fourth-order valence-electron chi connectivity index (χ4n) is 1.72. The molecule has 0 aromatic heterocycles. The van der Waals surface area contributed by atoms with Gasteiger partial charge in [0.25, 0.3) is 0 Å². The number of rotatable bonds is 1. The van der Waals surface area contributed by atoms with Crippen molar-refractivity contribution in [2.75, 3.05) is 40.3 Å². The molecule has 0 aromatic carbocycles. The van der Waals surface area contributed by atoms with Gasteiger partial charge in [0, 0.05) is 26.2 Å². The van der Waals surface area contributed by atoms with Crippen LogP contribution in [0.2, 0.25) is 0 Å². The largest absolute Gasteiger partial charge is 0.305 e. The van der Waals surface area contributed by atoms with Gasteiger partial charge in [-0.05, 0) is 20.0 Å². The van der Waals surface area contributed by atoms with E-state index < -0.39 is 0 Å². The van der Waals surface area contributed by atoms with E-state index in [-0.39, 0.29) is 0 Å². The first kappa shape index (κ1) is 9.01. The lowest BCUT2D eigenvalue weighted by Crippen LogP contribution is -2.25. The molecule has 1 rings (SSSR count). The van der Waals surface area contributed by atoms with Crippen molar-refractivity contribution in [3.05, 3.63) is 0 Å². The lowest BCUT2D eigenvalue weighted by atomic mass is 10.1. The smallest absolute Gasteiger partial charge is 0.0106 e. The van der Waals surface area contributed by atoms with Crippen molar-refractivity contribution in [3.8, 4) is 0 Å². The second-order valence-electron chi connectivity index (χ2n) is 3.80. The summed E-state index contributed by atoms with van der Waals surface area (Å²) in [6.07, 6.45) is 1.31. The second kappa shape index (κ2) is 4.07. The van der Waals surface area contributed by atoms with Crippen LogP contribution in [0.1, 0.15) is 13.3 Å². The first-order valence-corrected chi connectivity index (χ1v) is 4.59. The third kappa shape index (κ3) is 2.80. The topological polar surface area (TPSA) is 6.48 Å². The molecule has 1 heterocycles. The Hall–Kier alpha value is -0.0800. The molecule has 2 heteroatoms. The Morgan fingerprint density at radius 2 is 1.55 bits per heavy atom. The van der Waals surface area contributed by atoms with Crippen LogP contribution in [0, 0.1) is 5.92 Å². The van der Waals surface area contributed by atoms with E-state index in [4.69, 9.17) is 0 Å². The highest BCUT2D eigenvalue weighted by atomic mass is 15.2. The van der Waals surface area contributed by atoms with Gasteiger partial charge in [0.05, 0.1) is 0 Å². The van der Waals surface area contributed by atoms with Crippen LogP contribution in [0.25, 0.3) is 0 Å². The maximum atomic E-state index is 2.44. The molecule has 0 saturated carbocycles. The minimum atomic E-state index is 0.882. The molecule has 0 radical (unpaired) electrons. The molecule has 2 nitrogen and oxygen atoms in total. The van der Waals surface area contributed by atoms with Crippen molar-refractivity contribution in [2.45, 2.75) is 13.3 Å². The SMILES string of the molecule is CCC1CN(C)CCN(C)C1. The number of hydrogen-bond acceptors (Lipinski definition) is 2. The molecular weight excluding hydrogens is 136 g/mol. The lowest BCUT2D eigenvalue weighted by Gasteiger charge is -2.18. The molecule has 0 aliphatic carbocycles. The van der Waals surface area contributed by atoms with E-state index in [9.17, 15) is 0 Å². The Bertz CT molecular complexity index is 102. The summed E-state index contributed by atoms with van der Waals surface area (Å²) >= 11 is 0. The number of nitrogens with zero attached hydrogens (tertiary/aromatic N) is 2. The van der Waals surface area contributed by atoms with Crippen LogP contribution >= 0.6 is 0 Å². The highest BCUT2D eigenvalue weighted by molar-refractivity contribution is 4.71. The maximum absolute atomic E-state index is 2.44. The zero-order chi connectivity index (χ0) is 8.27. The summed E-state index contributed by atoms with van der Waals surface area (Å²) in [5.74, 6) is 0.882. The molecule has 1 aliphatic heterocycles. The third-order valence-corrected chi connectivity index (χ3v) is 2.58. The Morgan fingerprint density at radius 1 is 1.09 bits per heavy atom. The average molecular weight is 156 g/mol. The molecule has 1 saturated heterocycles. The van der Waals surface area contributed by atoms with Gasteiger partial charge in [-0.3, -0.25) is 0 Å². The minimum absolute atomic E-state index is 0.882. The van der Waals surface area contributed by atoms with Gasteiger partial charge >= 0.3 is 0 Å². The van der Waals surface area contributed by atoms with Crippen molar-refractivity contribution >= 4 is 0 Å². The van der Waals surface area contributed by atoms with E-state index >= 15 is 0 Å². The van der Waals surface area contributed by atoms with Crippen molar-refractivity contribution in [1.82, 2.24) is 9.80 Å². The summed E-state index contributed by atoms with van der Waals surface area (Å²) in [6.45, 7) is 7.30. The van der Waals surface area contributed by atoms with Crippen LogP contribution in [0.5, 0.6) is 0 Å². The fraction of sp³-hybridized carbons (Fsp3) is 1.00. The maximum Gasteiger partial charge on any atom is 0.0106 e. The van der Waals surface area contributed by atoms with Gasteiger partial charge in [0.2, 0.25) is 0 Å². The highest BCUT2D eigenvalue weighted by Gasteiger charge is 2.16. The molecule has 0 spiro atoms. The van der Waals surface area contributed by atoms with Crippen molar-refractivity contribution < 1.29 is 0 Å². The zero-order valence-electron chi connectivity index (χ0n) is 8.01. The van der Waals surface area contributed by atoms with Gasteiger partial charge in [0.1, 0.15) is 0 Å². The predicted molar refractivity (Wildman–Crippen MR) is 48.8 cm³/mol. The van der Waals surface area contributed by atoms with Crippen LogP contribution in [-0.2, 0) is 0 Å². The van der Waals surface area contributed by atoms with Crippen LogP contribution in [-0.4, -0.2) is 50.1 Å². The summed E-state index contributed by atoms with van der Waals surface area (Å²) in [4.78, 5) is 4.88. The Labute approximate surface area is 70.2 Å². The normalized spacial score (nSPS) is 25.4. The quantitative estimate of drug-likeness (QED) is 0.556. The highest BCUT2D eigenvalue weighted by Crippen LogP contribution is 2.09. The number of likely N-dealkylation sites (N-methyl/N-ethyl adjacent to an activating group) is 2. The molecule has 0 aromatic rings. The predicted octanol–water partition coefficient (Wildman–Crippen LogP) is 0.890. The standard InChI is InChI=1S/C9H20N2/c1-4-9-7-10(2)5-6-11(3)8-9/h9H,4-8H2,1-3H3. The van der Waals surface area contributed by atoms with Crippen LogP contribution in [0.15, 0.2) is 0 Å². The Morgan fingerprint density at radius 3 is 1.91 bits per heavy atom. The minimum Gasteiger partial charge on any atom is -0.305 e. The van der Waals surface area contributed by atoms with E-state index in [1.807, 2.05) is 0 Å². The van der Waals surface area contributed by atoms with Crippen molar-refractivity contribution in [3.63, 3.8) is 0 Å². The molecule has 11 heavy (non-hydrogen) atoms. The molecule has 0 amide bonds. The van der Waals surface area contributed by atoms with E-state index in [1.54, 1.807) is 0 Å². The third-order valence-electron chi connectivity index (χ3n) is 2.58. The van der Waals surface area contributed by atoms with Gasteiger partial charge in [-0.25, -0.2) is 0 Å². The molecule has 66 valence electrons. The van der Waals surface area contributed by atoms with Crippen molar-refractivity contribution in [1.29, 1.82) is 0 Å². The Kier molecular flexibility index (Phi) is 3.34. The fourth-order valence-corrected chi connectivity index (χ4v) is 1.72. The molecule has 0 bridgehead atoms. The average Bonchev–Trinajstić information content (AvgIpc) is 2.13. The van der Waals surface area contributed by atoms with E-state index in [1.165, 1.54) is 32.6 Å². The second-order valence-corrected chi connectivity index (χ2v) is 3.80.